The van der Waals surface area contributed by atoms with Crippen molar-refractivity contribution in [3.63, 3.8) is 0 Å². The number of nitrogens with zero attached hydrogens (tertiary/aromatic N) is 4. The third-order valence-electron chi connectivity index (χ3n) is 2.94. The molecular weight excluding hydrogens is 272 g/mol. The van der Waals surface area contributed by atoms with Crippen molar-refractivity contribution in [2.24, 2.45) is 0 Å². The van der Waals surface area contributed by atoms with E-state index in [9.17, 15) is 0 Å². The summed E-state index contributed by atoms with van der Waals surface area (Å²) in [5.74, 6) is 0.671. The van der Waals surface area contributed by atoms with Gasteiger partial charge in [-0.3, -0.25) is 0 Å². The lowest BCUT2D eigenvalue weighted by atomic mass is 10.2. The van der Waals surface area contributed by atoms with Crippen molar-refractivity contribution in [1.29, 1.82) is 5.26 Å². The maximum absolute atomic E-state index is 9.10. The Balaban J connectivity index is 2.14. The van der Waals surface area contributed by atoms with E-state index in [1.54, 1.807) is 36.8 Å². The molecule has 104 valence electrons. The molecule has 20 heavy (non-hydrogen) atoms. The lowest BCUT2D eigenvalue weighted by Crippen LogP contribution is -2.19. The van der Waals surface area contributed by atoms with Crippen LogP contribution in [0.15, 0.2) is 23.7 Å². The highest BCUT2D eigenvalue weighted by Gasteiger charge is 2.13. The van der Waals surface area contributed by atoms with Crippen molar-refractivity contribution in [2.45, 2.75) is 19.6 Å². The zero-order valence-corrected chi connectivity index (χ0v) is 12.5. The first-order valence-corrected chi connectivity index (χ1v) is 7.07. The van der Waals surface area contributed by atoms with Crippen molar-refractivity contribution in [2.75, 3.05) is 19.1 Å². The molecular formula is C14H16N4OS. The van der Waals surface area contributed by atoms with Crippen molar-refractivity contribution in [1.82, 2.24) is 9.97 Å². The van der Waals surface area contributed by atoms with E-state index in [1.165, 1.54) is 0 Å². The summed E-state index contributed by atoms with van der Waals surface area (Å²) in [6.07, 6.45) is 1.69. The van der Waals surface area contributed by atoms with Gasteiger partial charge in [-0.1, -0.05) is 0 Å². The minimum Gasteiger partial charge on any atom is -0.375 e. The number of thiazole rings is 1. The van der Waals surface area contributed by atoms with Gasteiger partial charge < -0.3 is 9.64 Å². The predicted octanol–water partition coefficient (Wildman–Crippen LogP) is 2.75. The van der Waals surface area contributed by atoms with Crippen molar-refractivity contribution in [3.05, 3.63) is 40.0 Å². The highest BCUT2D eigenvalue weighted by atomic mass is 32.1. The summed E-state index contributed by atoms with van der Waals surface area (Å²) < 4.78 is 5.25. The highest BCUT2D eigenvalue weighted by molar-refractivity contribution is 7.09. The number of nitriles is 1. The second kappa shape index (κ2) is 6.46. The van der Waals surface area contributed by atoms with Gasteiger partial charge in [0.25, 0.3) is 0 Å². The minimum atomic E-state index is 0.00331. The van der Waals surface area contributed by atoms with Crippen LogP contribution in [0.1, 0.15) is 29.3 Å². The first kappa shape index (κ1) is 14.4. The molecule has 0 amide bonds. The second-order valence-corrected chi connectivity index (χ2v) is 5.29. The molecule has 0 spiro atoms. The maximum atomic E-state index is 9.10. The fourth-order valence-electron chi connectivity index (χ4n) is 1.79. The monoisotopic (exact) mass is 288 g/mol. The van der Waals surface area contributed by atoms with E-state index in [-0.39, 0.29) is 6.10 Å². The van der Waals surface area contributed by atoms with E-state index in [0.717, 1.165) is 10.7 Å². The number of methoxy groups -OCH3 is 1. The molecule has 2 rings (SSSR count). The number of pyridine rings is 1. The summed E-state index contributed by atoms with van der Waals surface area (Å²) in [7, 11) is 3.58. The summed E-state index contributed by atoms with van der Waals surface area (Å²) >= 11 is 1.58. The number of aromatic nitrogens is 2. The molecule has 0 saturated heterocycles. The lowest BCUT2D eigenvalue weighted by molar-refractivity contribution is 0.119. The summed E-state index contributed by atoms with van der Waals surface area (Å²) in [4.78, 5) is 10.7. The van der Waals surface area contributed by atoms with E-state index >= 15 is 0 Å². The molecule has 0 fully saturated rings. The van der Waals surface area contributed by atoms with Gasteiger partial charge in [0, 0.05) is 25.7 Å². The molecule has 5 nitrogen and oxygen atoms in total. The zero-order valence-electron chi connectivity index (χ0n) is 11.7. The largest absolute Gasteiger partial charge is 0.375 e. The van der Waals surface area contributed by atoms with Crippen LogP contribution in [-0.2, 0) is 11.3 Å². The Bertz CT molecular complexity index is 620. The van der Waals surface area contributed by atoms with Gasteiger partial charge in [-0.25, -0.2) is 9.97 Å². The van der Waals surface area contributed by atoms with Crippen LogP contribution >= 0.6 is 11.3 Å². The average Bonchev–Trinajstić information content (AvgIpc) is 2.94. The quantitative estimate of drug-likeness (QED) is 0.846. The molecule has 1 atom stereocenters. The topological polar surface area (TPSA) is 62.0 Å². The number of anilines is 1. The third-order valence-corrected chi connectivity index (χ3v) is 3.99. The van der Waals surface area contributed by atoms with E-state index in [2.05, 4.69) is 16.0 Å². The first-order valence-electron chi connectivity index (χ1n) is 6.19. The minimum absolute atomic E-state index is 0.00331. The van der Waals surface area contributed by atoms with Crippen LogP contribution in [0.4, 0.5) is 5.82 Å². The Kier molecular flexibility index (Phi) is 4.66. The molecule has 0 aromatic carbocycles. The smallest absolute Gasteiger partial charge is 0.146 e. The number of hydrogen-bond acceptors (Lipinski definition) is 6. The van der Waals surface area contributed by atoms with Crippen molar-refractivity contribution in [3.8, 4) is 6.07 Å². The Hall–Kier alpha value is -1.97. The number of ether oxygens (including phenoxy) is 1. The lowest BCUT2D eigenvalue weighted by Gasteiger charge is -2.17. The van der Waals surface area contributed by atoms with Gasteiger partial charge in [0.05, 0.1) is 17.8 Å². The molecule has 0 aliphatic carbocycles. The Labute approximate surface area is 122 Å². The van der Waals surface area contributed by atoms with Crippen LogP contribution in [0.5, 0.6) is 0 Å². The fourth-order valence-corrected chi connectivity index (χ4v) is 2.63. The Morgan fingerprint density at radius 3 is 3.05 bits per heavy atom. The normalized spacial score (nSPS) is 11.9. The summed E-state index contributed by atoms with van der Waals surface area (Å²) in [5, 5.41) is 12.1. The van der Waals surface area contributed by atoms with Crippen molar-refractivity contribution >= 4 is 17.2 Å². The Morgan fingerprint density at radius 2 is 2.35 bits per heavy atom. The van der Waals surface area contributed by atoms with Gasteiger partial charge in [-0.05, 0) is 19.1 Å². The standard InChI is InChI=1S/C14H16N4OS/c1-10(19-3)14-17-12(9-20-14)8-18(2)13-11(7-15)5-4-6-16-13/h4-6,9-10H,8H2,1-3H3. The molecule has 0 radical (unpaired) electrons. The number of hydrogen-bond donors (Lipinski definition) is 0. The number of rotatable bonds is 5. The van der Waals surface area contributed by atoms with Gasteiger partial charge in [0.1, 0.15) is 23.0 Å². The molecule has 1 unspecified atom stereocenters. The molecule has 2 aromatic heterocycles. The summed E-state index contributed by atoms with van der Waals surface area (Å²) in [6.45, 7) is 2.58. The molecule has 0 aliphatic rings. The maximum Gasteiger partial charge on any atom is 0.146 e. The van der Waals surface area contributed by atoms with Crippen LogP contribution < -0.4 is 4.90 Å². The van der Waals surface area contributed by atoms with E-state index in [4.69, 9.17) is 10.00 Å². The van der Waals surface area contributed by atoms with Crippen molar-refractivity contribution < 1.29 is 4.74 Å². The van der Waals surface area contributed by atoms with Crippen LogP contribution in [0.25, 0.3) is 0 Å². The summed E-state index contributed by atoms with van der Waals surface area (Å²) in [6, 6.07) is 5.68. The fraction of sp³-hybridized carbons (Fsp3) is 0.357. The molecule has 6 heteroatoms. The van der Waals surface area contributed by atoms with E-state index in [1.807, 2.05) is 24.3 Å². The van der Waals surface area contributed by atoms with E-state index < -0.39 is 0 Å². The highest BCUT2D eigenvalue weighted by Crippen LogP contribution is 2.22. The van der Waals surface area contributed by atoms with E-state index in [0.29, 0.717) is 17.9 Å². The van der Waals surface area contributed by atoms with Crippen LogP contribution in [-0.4, -0.2) is 24.1 Å². The van der Waals surface area contributed by atoms with Crippen LogP contribution in [0, 0.1) is 11.3 Å². The molecule has 0 bridgehead atoms. The third kappa shape index (κ3) is 3.13. The van der Waals surface area contributed by atoms with Crippen LogP contribution in [0.3, 0.4) is 0 Å². The molecule has 2 aromatic rings. The summed E-state index contributed by atoms with van der Waals surface area (Å²) in [5.41, 5.74) is 1.52. The van der Waals surface area contributed by atoms with Gasteiger partial charge in [0.15, 0.2) is 0 Å². The molecule has 0 N–H and O–H groups in total. The van der Waals surface area contributed by atoms with Gasteiger partial charge in [-0.15, -0.1) is 11.3 Å². The van der Waals surface area contributed by atoms with Gasteiger partial charge in [0.2, 0.25) is 0 Å². The predicted molar refractivity (Wildman–Crippen MR) is 78.6 cm³/mol. The SMILES string of the molecule is COC(C)c1nc(CN(C)c2ncccc2C#N)cs1. The van der Waals surface area contributed by atoms with Crippen LogP contribution in [0.2, 0.25) is 0 Å². The molecule has 0 aliphatic heterocycles. The Morgan fingerprint density at radius 1 is 1.55 bits per heavy atom. The van der Waals surface area contributed by atoms with Gasteiger partial charge >= 0.3 is 0 Å². The second-order valence-electron chi connectivity index (χ2n) is 4.40. The molecule has 0 saturated carbocycles. The van der Waals surface area contributed by atoms with Gasteiger partial charge in [-0.2, -0.15) is 5.26 Å². The molecule has 2 heterocycles. The zero-order chi connectivity index (χ0) is 14.5. The average molecular weight is 288 g/mol. The first-order chi connectivity index (χ1) is 9.65.